The fourth-order valence-corrected chi connectivity index (χ4v) is 3.14. The second kappa shape index (κ2) is 15.2. The van der Waals surface area contributed by atoms with Gasteiger partial charge in [0.25, 0.3) is 0 Å². The van der Waals surface area contributed by atoms with Crippen molar-refractivity contribution in [1.82, 2.24) is 0 Å². The number of ketones is 1. The van der Waals surface area contributed by atoms with Gasteiger partial charge < -0.3 is 9.47 Å². The molecule has 0 saturated carbocycles. The number of carbonyl (C=O) groups excluding carboxylic acids is 5. The van der Waals surface area contributed by atoms with Gasteiger partial charge in [0, 0.05) is 11.1 Å². The molecule has 0 aromatic heterocycles. The summed E-state index contributed by atoms with van der Waals surface area (Å²) in [7, 11) is 2.29. The first-order chi connectivity index (χ1) is 18.3. The molecule has 0 atom stereocenters. The molecule has 0 radical (unpaired) electrons. The zero-order valence-corrected chi connectivity index (χ0v) is 21.7. The van der Waals surface area contributed by atoms with E-state index in [1.165, 1.54) is 24.3 Å². The van der Waals surface area contributed by atoms with Gasteiger partial charge in [-0.05, 0) is 37.1 Å². The van der Waals surface area contributed by atoms with E-state index in [9.17, 15) is 24.0 Å². The third-order valence-corrected chi connectivity index (χ3v) is 5.25. The molecule has 2 aromatic carbocycles. The van der Waals surface area contributed by atoms with Crippen molar-refractivity contribution in [2.45, 2.75) is 39.5 Å². The number of benzene rings is 2. The zero-order valence-electron chi connectivity index (χ0n) is 21.7. The minimum Gasteiger partial charge on any atom is -0.465 e. The maximum Gasteiger partial charge on any atom is 0.373 e. The van der Waals surface area contributed by atoms with Crippen LogP contribution in [0, 0.1) is 0 Å². The molecular weight excluding hydrogens is 500 g/mol. The van der Waals surface area contributed by atoms with Gasteiger partial charge in [-0.2, -0.15) is 9.78 Å². The lowest BCUT2D eigenvalue weighted by atomic mass is 9.95. The molecule has 204 valence electrons. The van der Waals surface area contributed by atoms with Crippen molar-refractivity contribution in [2.24, 2.45) is 0 Å². The Morgan fingerprint density at radius 2 is 0.974 bits per heavy atom. The molecule has 2 aromatic rings. The van der Waals surface area contributed by atoms with Crippen molar-refractivity contribution in [2.75, 3.05) is 27.4 Å². The third-order valence-electron chi connectivity index (χ3n) is 5.25. The summed E-state index contributed by atoms with van der Waals surface area (Å²) in [6.07, 6.45) is 2.91. The lowest BCUT2D eigenvalue weighted by Gasteiger charge is -2.11. The highest BCUT2D eigenvalue weighted by atomic mass is 17.2. The molecule has 0 spiro atoms. The molecule has 11 heteroatoms. The van der Waals surface area contributed by atoms with E-state index < -0.39 is 29.7 Å². The van der Waals surface area contributed by atoms with E-state index >= 15 is 0 Å². The van der Waals surface area contributed by atoms with E-state index in [0.29, 0.717) is 12.8 Å². The van der Waals surface area contributed by atoms with Crippen molar-refractivity contribution in [3.8, 4) is 0 Å². The Bertz CT molecular complexity index is 1080. The number of carbonyl (C=O) groups is 5. The highest BCUT2D eigenvalue weighted by Crippen LogP contribution is 2.21. The van der Waals surface area contributed by atoms with E-state index in [1.54, 1.807) is 0 Å². The zero-order chi connectivity index (χ0) is 28.1. The maximum absolute atomic E-state index is 13.3. The Morgan fingerprint density at radius 3 is 1.32 bits per heavy atom. The van der Waals surface area contributed by atoms with E-state index in [1.807, 2.05) is 13.8 Å². The molecule has 38 heavy (non-hydrogen) atoms. The van der Waals surface area contributed by atoms with Gasteiger partial charge in [0.2, 0.25) is 0 Å². The highest BCUT2D eigenvalue weighted by molar-refractivity contribution is 6.13. The molecule has 0 N–H and O–H groups in total. The summed E-state index contributed by atoms with van der Waals surface area (Å²) in [6, 6.07) is 7.40. The summed E-state index contributed by atoms with van der Waals surface area (Å²) < 4.78 is 9.42. The predicted molar refractivity (Wildman–Crippen MR) is 132 cm³/mol. The Morgan fingerprint density at radius 1 is 0.579 bits per heavy atom. The normalized spacial score (nSPS) is 10.4. The SMILES string of the molecule is CCCCOOC(=O)c1cc(C(=O)c2ccc(C(=O)OC)c(C(=O)OOCCCC)c2)ccc1C(=O)OC. The van der Waals surface area contributed by atoms with Crippen molar-refractivity contribution in [3.05, 3.63) is 69.8 Å². The summed E-state index contributed by atoms with van der Waals surface area (Å²) in [6.45, 7) is 4.17. The maximum atomic E-state index is 13.3. The van der Waals surface area contributed by atoms with Crippen LogP contribution in [0.25, 0.3) is 0 Å². The molecule has 0 heterocycles. The van der Waals surface area contributed by atoms with Gasteiger partial charge in [-0.25, -0.2) is 19.2 Å². The van der Waals surface area contributed by atoms with Crippen LogP contribution in [0.3, 0.4) is 0 Å². The number of unbranched alkanes of at least 4 members (excludes halogenated alkanes) is 2. The first-order valence-corrected chi connectivity index (χ1v) is 12.0. The van der Waals surface area contributed by atoms with Crippen molar-refractivity contribution >= 4 is 29.7 Å². The quantitative estimate of drug-likeness (QED) is 0.114. The summed E-state index contributed by atoms with van der Waals surface area (Å²) in [4.78, 5) is 82.2. The van der Waals surface area contributed by atoms with E-state index in [0.717, 1.165) is 39.2 Å². The molecule has 0 fully saturated rings. The fourth-order valence-electron chi connectivity index (χ4n) is 3.14. The highest BCUT2D eigenvalue weighted by Gasteiger charge is 2.25. The van der Waals surface area contributed by atoms with Crippen LogP contribution >= 0.6 is 0 Å². The fraction of sp³-hybridized carbons (Fsp3) is 0.370. The Labute approximate surface area is 219 Å². The molecule has 0 unspecified atom stereocenters. The van der Waals surface area contributed by atoms with Gasteiger partial charge in [0.05, 0.1) is 49.7 Å². The number of esters is 2. The van der Waals surface area contributed by atoms with Crippen LogP contribution in [-0.4, -0.2) is 57.1 Å². The van der Waals surface area contributed by atoms with Crippen LogP contribution in [-0.2, 0) is 29.0 Å². The van der Waals surface area contributed by atoms with Gasteiger partial charge in [0.15, 0.2) is 5.78 Å². The molecule has 0 aliphatic carbocycles. The Balaban J connectivity index is 2.43. The van der Waals surface area contributed by atoms with Gasteiger partial charge in [-0.15, -0.1) is 0 Å². The predicted octanol–water partition coefficient (Wildman–Crippen LogP) is 4.27. The number of methoxy groups -OCH3 is 2. The number of hydrogen-bond donors (Lipinski definition) is 0. The summed E-state index contributed by atoms with van der Waals surface area (Å²) in [5.41, 5.74) is -0.806. The van der Waals surface area contributed by atoms with E-state index in [2.05, 4.69) is 0 Å². The smallest absolute Gasteiger partial charge is 0.373 e. The first kappa shape index (κ1) is 30.1. The largest absolute Gasteiger partial charge is 0.465 e. The minimum absolute atomic E-state index is 0.0116. The topological polar surface area (TPSA) is 141 Å². The first-order valence-electron chi connectivity index (χ1n) is 12.0. The van der Waals surface area contributed by atoms with Gasteiger partial charge in [-0.3, -0.25) is 14.6 Å². The molecule has 0 amide bonds. The average molecular weight is 531 g/mol. The second-order valence-corrected chi connectivity index (χ2v) is 7.93. The van der Waals surface area contributed by atoms with Crippen molar-refractivity contribution < 1.29 is 53.0 Å². The summed E-state index contributed by atoms with van der Waals surface area (Å²) >= 11 is 0. The van der Waals surface area contributed by atoms with Crippen LogP contribution in [0.15, 0.2) is 36.4 Å². The average Bonchev–Trinajstić information content (AvgIpc) is 2.95. The lowest BCUT2D eigenvalue weighted by molar-refractivity contribution is -0.241. The molecule has 2 rings (SSSR count). The summed E-state index contributed by atoms with van der Waals surface area (Å²) in [5, 5.41) is 0. The Hall–Kier alpha value is -4.09. The lowest BCUT2D eigenvalue weighted by Crippen LogP contribution is -2.17. The molecule has 0 bridgehead atoms. The third kappa shape index (κ3) is 7.95. The number of ether oxygens (including phenoxy) is 2. The van der Waals surface area contributed by atoms with Crippen LogP contribution in [0.4, 0.5) is 0 Å². The molecule has 0 aliphatic heterocycles. The van der Waals surface area contributed by atoms with Crippen LogP contribution < -0.4 is 0 Å². The van der Waals surface area contributed by atoms with Gasteiger partial charge in [0.1, 0.15) is 0 Å². The van der Waals surface area contributed by atoms with E-state index in [-0.39, 0.29) is 46.6 Å². The molecular formula is C27H30O11. The van der Waals surface area contributed by atoms with Gasteiger partial charge >= 0.3 is 23.9 Å². The van der Waals surface area contributed by atoms with Gasteiger partial charge in [-0.1, -0.05) is 38.8 Å². The van der Waals surface area contributed by atoms with Crippen molar-refractivity contribution in [3.63, 3.8) is 0 Å². The number of hydrogen-bond acceptors (Lipinski definition) is 11. The molecule has 11 nitrogen and oxygen atoms in total. The minimum atomic E-state index is -0.995. The van der Waals surface area contributed by atoms with Crippen molar-refractivity contribution in [1.29, 1.82) is 0 Å². The van der Waals surface area contributed by atoms with Crippen LogP contribution in [0.2, 0.25) is 0 Å². The van der Waals surface area contributed by atoms with E-state index in [4.69, 9.17) is 29.0 Å². The van der Waals surface area contributed by atoms with Crippen LogP contribution in [0.1, 0.15) is 96.9 Å². The van der Waals surface area contributed by atoms with Crippen LogP contribution in [0.5, 0.6) is 0 Å². The summed E-state index contributed by atoms with van der Waals surface area (Å²) in [5.74, 6) is -4.25. The second-order valence-electron chi connectivity index (χ2n) is 7.93. The standard InChI is InChI=1S/C27H30O11/c1-5-7-13-35-37-26(31)21-15-17(9-11-19(21)24(29)33-3)23(28)18-10-12-20(25(30)34-4)22(16-18)27(32)38-36-14-8-6-2/h9-12,15-16H,5-8,13-14H2,1-4H3. The monoisotopic (exact) mass is 530 g/mol. The molecule has 0 saturated heterocycles. The number of rotatable bonds is 14. The molecule has 0 aliphatic rings. The Kier molecular flexibility index (Phi) is 12.1.